The van der Waals surface area contributed by atoms with Crippen molar-refractivity contribution in [3.8, 4) is 0 Å². The first-order valence-electron chi connectivity index (χ1n) is 7.13. The van der Waals surface area contributed by atoms with E-state index in [4.69, 9.17) is 0 Å². The maximum Gasteiger partial charge on any atom is 0.191 e. The van der Waals surface area contributed by atoms with Gasteiger partial charge in [-0.3, -0.25) is 4.99 Å². The summed E-state index contributed by atoms with van der Waals surface area (Å²) in [5, 5.41) is 6.77. The molecule has 19 heavy (non-hydrogen) atoms. The van der Waals surface area contributed by atoms with E-state index >= 15 is 0 Å². The minimum atomic E-state index is 0.415. The van der Waals surface area contributed by atoms with Crippen molar-refractivity contribution in [1.29, 1.82) is 0 Å². The number of nitrogens with zero attached hydrogens (tertiary/aromatic N) is 1. The molecular formula is C16H27N3. The lowest BCUT2D eigenvalue weighted by molar-refractivity contribution is 0.572. The van der Waals surface area contributed by atoms with Crippen molar-refractivity contribution in [2.45, 2.75) is 39.7 Å². The number of aliphatic imine (C=N–C) groups is 1. The molecule has 106 valence electrons. The van der Waals surface area contributed by atoms with Crippen molar-refractivity contribution in [3.05, 3.63) is 35.9 Å². The Bertz CT molecular complexity index is 371. The predicted octanol–water partition coefficient (Wildman–Crippen LogP) is 2.83. The standard InChI is InChI=1S/C16H27N3/c1-13(2)12-18-16(17-4)19-14(3)10-11-15-8-6-5-7-9-15/h5-9,13-14H,10-12H2,1-4H3,(H2,17,18,19). The highest BCUT2D eigenvalue weighted by atomic mass is 15.2. The number of hydrogen-bond acceptors (Lipinski definition) is 1. The fraction of sp³-hybridized carbons (Fsp3) is 0.562. The van der Waals surface area contributed by atoms with Gasteiger partial charge in [-0.05, 0) is 31.2 Å². The summed E-state index contributed by atoms with van der Waals surface area (Å²) in [5.41, 5.74) is 1.39. The van der Waals surface area contributed by atoms with Crippen LogP contribution < -0.4 is 10.6 Å². The molecule has 2 N–H and O–H groups in total. The molecule has 0 bridgehead atoms. The first-order chi connectivity index (χ1) is 9.11. The van der Waals surface area contributed by atoms with Gasteiger partial charge in [0, 0.05) is 19.6 Å². The number of hydrogen-bond donors (Lipinski definition) is 2. The summed E-state index contributed by atoms with van der Waals surface area (Å²) in [4.78, 5) is 4.25. The molecule has 0 aliphatic carbocycles. The molecule has 0 aliphatic rings. The zero-order chi connectivity index (χ0) is 14.1. The van der Waals surface area contributed by atoms with Crippen LogP contribution in [-0.2, 0) is 6.42 Å². The molecule has 1 aromatic carbocycles. The first kappa shape index (κ1) is 15.5. The fourth-order valence-corrected chi connectivity index (χ4v) is 1.83. The third-order valence-electron chi connectivity index (χ3n) is 2.99. The van der Waals surface area contributed by atoms with E-state index in [2.05, 4.69) is 66.7 Å². The summed E-state index contributed by atoms with van der Waals surface area (Å²) in [5.74, 6) is 1.52. The molecule has 3 heteroatoms. The largest absolute Gasteiger partial charge is 0.356 e. The van der Waals surface area contributed by atoms with Gasteiger partial charge in [0.05, 0.1) is 0 Å². The van der Waals surface area contributed by atoms with Crippen molar-refractivity contribution in [3.63, 3.8) is 0 Å². The lowest BCUT2D eigenvalue weighted by Crippen LogP contribution is -2.43. The zero-order valence-corrected chi connectivity index (χ0v) is 12.6. The molecule has 0 aliphatic heterocycles. The predicted molar refractivity (Wildman–Crippen MR) is 83.6 cm³/mol. The van der Waals surface area contributed by atoms with E-state index in [0.717, 1.165) is 25.3 Å². The van der Waals surface area contributed by atoms with Gasteiger partial charge in [0.25, 0.3) is 0 Å². The average Bonchev–Trinajstić information content (AvgIpc) is 2.42. The van der Waals surface area contributed by atoms with Crippen LogP contribution in [0.1, 0.15) is 32.8 Å². The van der Waals surface area contributed by atoms with Crippen LogP contribution in [0.15, 0.2) is 35.3 Å². The number of rotatable bonds is 6. The summed E-state index contributed by atoms with van der Waals surface area (Å²) in [6.07, 6.45) is 2.20. The summed E-state index contributed by atoms with van der Waals surface area (Å²) >= 11 is 0. The average molecular weight is 261 g/mol. The highest BCUT2D eigenvalue weighted by Crippen LogP contribution is 2.04. The molecule has 0 fully saturated rings. The highest BCUT2D eigenvalue weighted by Gasteiger charge is 2.05. The molecule has 0 saturated carbocycles. The molecule has 0 heterocycles. The second-order valence-corrected chi connectivity index (χ2v) is 5.42. The summed E-state index contributed by atoms with van der Waals surface area (Å²) in [6, 6.07) is 11.0. The smallest absolute Gasteiger partial charge is 0.191 e. The van der Waals surface area contributed by atoms with Crippen LogP contribution in [0.25, 0.3) is 0 Å². The van der Waals surface area contributed by atoms with Gasteiger partial charge < -0.3 is 10.6 Å². The lowest BCUT2D eigenvalue weighted by atomic mass is 10.1. The van der Waals surface area contributed by atoms with Gasteiger partial charge in [-0.1, -0.05) is 44.2 Å². The second kappa shape index (κ2) is 8.57. The van der Waals surface area contributed by atoms with Crippen molar-refractivity contribution < 1.29 is 0 Å². The van der Waals surface area contributed by atoms with Gasteiger partial charge >= 0.3 is 0 Å². The van der Waals surface area contributed by atoms with Crippen LogP contribution in [0.2, 0.25) is 0 Å². The molecule has 0 saturated heterocycles. The zero-order valence-electron chi connectivity index (χ0n) is 12.6. The molecule has 3 nitrogen and oxygen atoms in total. The minimum absolute atomic E-state index is 0.415. The Balaban J connectivity index is 2.31. The Morgan fingerprint density at radius 3 is 2.42 bits per heavy atom. The fourth-order valence-electron chi connectivity index (χ4n) is 1.83. The maximum absolute atomic E-state index is 4.25. The quantitative estimate of drug-likeness (QED) is 0.610. The minimum Gasteiger partial charge on any atom is -0.356 e. The Labute approximate surface area is 117 Å². The molecule has 0 spiro atoms. The molecule has 1 rings (SSSR count). The summed E-state index contributed by atoms with van der Waals surface area (Å²) in [7, 11) is 1.82. The van der Waals surface area contributed by atoms with E-state index in [-0.39, 0.29) is 0 Å². The van der Waals surface area contributed by atoms with E-state index in [1.165, 1.54) is 5.56 Å². The molecular weight excluding hydrogens is 234 g/mol. The van der Waals surface area contributed by atoms with E-state index < -0.39 is 0 Å². The van der Waals surface area contributed by atoms with E-state index in [9.17, 15) is 0 Å². The Morgan fingerprint density at radius 2 is 1.84 bits per heavy atom. The number of guanidine groups is 1. The topological polar surface area (TPSA) is 36.4 Å². The molecule has 0 amide bonds. The third-order valence-corrected chi connectivity index (χ3v) is 2.99. The van der Waals surface area contributed by atoms with Crippen molar-refractivity contribution in [2.75, 3.05) is 13.6 Å². The van der Waals surface area contributed by atoms with Crippen LogP contribution in [0.5, 0.6) is 0 Å². The first-order valence-corrected chi connectivity index (χ1v) is 7.13. The third kappa shape index (κ3) is 6.85. The highest BCUT2D eigenvalue weighted by molar-refractivity contribution is 5.79. The number of aryl methyl sites for hydroxylation is 1. The molecule has 1 unspecified atom stereocenters. The van der Waals surface area contributed by atoms with Gasteiger partial charge in [0.2, 0.25) is 0 Å². The van der Waals surface area contributed by atoms with Crippen LogP contribution in [0, 0.1) is 5.92 Å². The normalized spacial score (nSPS) is 13.4. The second-order valence-electron chi connectivity index (χ2n) is 5.42. The van der Waals surface area contributed by atoms with Crippen LogP contribution >= 0.6 is 0 Å². The molecule has 1 atom stereocenters. The van der Waals surface area contributed by atoms with Crippen molar-refractivity contribution >= 4 is 5.96 Å². The van der Waals surface area contributed by atoms with Crippen molar-refractivity contribution in [1.82, 2.24) is 10.6 Å². The van der Waals surface area contributed by atoms with E-state index in [0.29, 0.717) is 12.0 Å². The van der Waals surface area contributed by atoms with E-state index in [1.54, 1.807) is 0 Å². The molecule has 0 radical (unpaired) electrons. The summed E-state index contributed by atoms with van der Waals surface area (Å²) < 4.78 is 0. The van der Waals surface area contributed by atoms with Crippen LogP contribution in [-0.4, -0.2) is 25.6 Å². The number of benzene rings is 1. The maximum atomic E-state index is 4.25. The Hall–Kier alpha value is -1.51. The Kier molecular flexibility index (Phi) is 7.01. The van der Waals surface area contributed by atoms with Gasteiger partial charge in [-0.2, -0.15) is 0 Å². The van der Waals surface area contributed by atoms with Crippen LogP contribution in [0.3, 0.4) is 0 Å². The van der Waals surface area contributed by atoms with Crippen LogP contribution in [0.4, 0.5) is 0 Å². The molecule has 1 aromatic rings. The van der Waals surface area contributed by atoms with Gasteiger partial charge in [0.15, 0.2) is 5.96 Å². The Morgan fingerprint density at radius 1 is 1.16 bits per heavy atom. The lowest BCUT2D eigenvalue weighted by Gasteiger charge is -2.18. The van der Waals surface area contributed by atoms with Gasteiger partial charge in [-0.15, -0.1) is 0 Å². The SMILES string of the molecule is CN=C(NCC(C)C)NC(C)CCc1ccccc1. The molecule has 0 aromatic heterocycles. The van der Waals surface area contributed by atoms with Gasteiger partial charge in [-0.25, -0.2) is 0 Å². The van der Waals surface area contributed by atoms with E-state index in [1.807, 2.05) is 7.05 Å². The number of nitrogens with one attached hydrogen (secondary N) is 2. The van der Waals surface area contributed by atoms with Crippen molar-refractivity contribution in [2.24, 2.45) is 10.9 Å². The summed E-state index contributed by atoms with van der Waals surface area (Å²) in [6.45, 7) is 7.54. The monoisotopic (exact) mass is 261 g/mol. The van der Waals surface area contributed by atoms with Gasteiger partial charge in [0.1, 0.15) is 0 Å².